The number of carbonyl (C=O) groups is 4. The SMILES string of the molecule is COC(=O)N[C@H](C(=O)N1CCC[C@H]1C1=NS(=O)(=O)c2cc(-c3ccc(-c4ccc(-c5cnc([C@@H]6CCCN6C(=O)[C@@H](NC(=O)OC)C(C)C)[nH]5)cc4)c4c3CC3(CCCC3)C4)ccc2N1)C(C)C. The molecule has 17 heteroatoms. The number of aromatic amines is 1. The highest BCUT2D eigenvalue weighted by Crippen LogP contribution is 2.53. The molecule has 3 aliphatic heterocycles. The Hall–Kier alpha value is -6.23. The molecule has 3 aromatic carbocycles. The molecule has 0 radical (unpaired) electrons. The summed E-state index contributed by atoms with van der Waals surface area (Å²) in [5.41, 5.74) is 9.06. The van der Waals surface area contributed by atoms with Gasteiger partial charge in [-0.2, -0.15) is 8.42 Å². The number of nitrogens with one attached hydrogen (secondary N) is 4. The number of nitrogens with zero attached hydrogens (tertiary/aromatic N) is 4. The molecule has 2 aliphatic carbocycles. The number of ether oxygens (including phenoxy) is 2. The Bertz CT molecular complexity index is 2760. The molecule has 5 aliphatic rings. The molecule has 0 unspecified atom stereocenters. The maximum Gasteiger partial charge on any atom is 0.407 e. The third-order valence-electron chi connectivity index (χ3n) is 14.8. The van der Waals surface area contributed by atoms with Crippen molar-refractivity contribution in [3.8, 4) is 33.5 Å². The van der Waals surface area contributed by atoms with Crippen molar-refractivity contribution in [1.29, 1.82) is 0 Å². The predicted molar refractivity (Wildman–Crippen MR) is 258 cm³/mol. The molecule has 4 amide bonds. The summed E-state index contributed by atoms with van der Waals surface area (Å²) in [6, 6.07) is 15.9. The van der Waals surface area contributed by atoms with E-state index in [0.717, 1.165) is 66.5 Å². The molecule has 4 heterocycles. The molecule has 1 aromatic heterocycles. The summed E-state index contributed by atoms with van der Waals surface area (Å²) in [6.45, 7) is 8.45. The fraction of sp³-hybridized carbons (Fsp3) is 0.490. The largest absolute Gasteiger partial charge is 0.453 e. The minimum absolute atomic E-state index is 0.0913. The smallest absolute Gasteiger partial charge is 0.407 e. The summed E-state index contributed by atoms with van der Waals surface area (Å²) in [7, 11) is -1.62. The number of fused-ring (bicyclic) bond motifs is 2. The topological polar surface area (TPSA) is 204 Å². The number of amidine groups is 1. The maximum atomic E-state index is 14.1. The average molecular weight is 947 g/mol. The molecule has 4 N–H and O–H groups in total. The third kappa shape index (κ3) is 8.85. The van der Waals surface area contributed by atoms with Crippen LogP contribution >= 0.6 is 0 Å². The van der Waals surface area contributed by atoms with Crippen molar-refractivity contribution in [3.05, 3.63) is 77.7 Å². The average Bonchev–Trinajstić information content (AvgIpc) is 4.19. The van der Waals surface area contributed by atoms with Crippen LogP contribution in [0.5, 0.6) is 0 Å². The van der Waals surface area contributed by atoms with Crippen molar-refractivity contribution in [1.82, 2.24) is 30.4 Å². The number of aromatic nitrogens is 2. The van der Waals surface area contributed by atoms with Gasteiger partial charge >= 0.3 is 12.2 Å². The molecule has 16 nitrogen and oxygen atoms in total. The molecule has 4 aromatic rings. The standard InChI is InChI=1S/C51H62N8O8S/c1-29(2)43(55-49(62)66-5)47(60)58-23-9-11-40(58)45-52-28-39(54-45)32-15-13-31(14-16-32)34-18-19-35(37-27-51(26-36(34)37)21-7-8-22-51)33-17-20-38-42(25-33)68(64,65)57-46(53-38)41-12-10-24-59(41)48(61)44(30(3)4)56-50(63)67-6/h13-20,25,28-30,40-41,43-44H,7-12,21-24,26-27H2,1-6H3,(H,52,54)(H,53,57)(H,55,62)(H,56,63)/t40-,41-,43-,44-/m0/s1. The van der Waals surface area contributed by atoms with Gasteiger partial charge in [-0.05, 0) is 120 Å². The van der Waals surface area contributed by atoms with E-state index >= 15 is 0 Å². The number of amides is 4. The van der Waals surface area contributed by atoms with Crippen LogP contribution in [0.1, 0.15) is 102 Å². The van der Waals surface area contributed by atoms with Crippen LogP contribution in [0.25, 0.3) is 33.5 Å². The van der Waals surface area contributed by atoms with Gasteiger partial charge in [0.05, 0.1) is 43.9 Å². The quantitative estimate of drug-likeness (QED) is 0.114. The number of likely N-dealkylation sites (tertiary alicyclic amines) is 2. The highest BCUT2D eigenvalue weighted by atomic mass is 32.2. The van der Waals surface area contributed by atoms with Gasteiger partial charge in [0, 0.05) is 13.1 Å². The lowest BCUT2D eigenvalue weighted by Gasteiger charge is -2.32. The zero-order chi connectivity index (χ0) is 48.1. The molecule has 68 heavy (non-hydrogen) atoms. The molecular formula is C51H62N8O8S. The van der Waals surface area contributed by atoms with Gasteiger partial charge < -0.3 is 40.2 Å². The number of imidazole rings is 1. The van der Waals surface area contributed by atoms with Crippen LogP contribution in [0.15, 0.2) is 70.1 Å². The number of rotatable bonds is 11. The summed E-state index contributed by atoms with van der Waals surface area (Å²) in [4.78, 5) is 63.4. The van der Waals surface area contributed by atoms with Gasteiger partial charge in [0.1, 0.15) is 28.6 Å². The van der Waals surface area contributed by atoms with E-state index in [1.807, 2.05) is 44.9 Å². The summed E-state index contributed by atoms with van der Waals surface area (Å²) in [5.74, 6) is 0.0875. The summed E-state index contributed by atoms with van der Waals surface area (Å²) in [6.07, 6.45) is 9.84. The number of alkyl carbamates (subject to hydrolysis) is 2. The van der Waals surface area contributed by atoms with E-state index in [1.54, 1.807) is 17.0 Å². The Balaban J connectivity index is 0.964. The van der Waals surface area contributed by atoms with Crippen molar-refractivity contribution in [2.75, 3.05) is 32.6 Å². The van der Waals surface area contributed by atoms with Crippen molar-refractivity contribution >= 4 is 45.5 Å². The molecule has 3 fully saturated rings. The van der Waals surface area contributed by atoms with E-state index in [1.165, 1.54) is 43.8 Å². The molecule has 360 valence electrons. The van der Waals surface area contributed by atoms with Crippen LogP contribution in [0.2, 0.25) is 0 Å². The van der Waals surface area contributed by atoms with Gasteiger partial charge in [0.2, 0.25) is 11.8 Å². The molecule has 0 bridgehead atoms. The monoisotopic (exact) mass is 946 g/mol. The Morgan fingerprint density at radius 3 is 1.82 bits per heavy atom. The van der Waals surface area contributed by atoms with Crippen molar-refractivity contribution < 1.29 is 37.1 Å². The molecular weight excluding hydrogens is 885 g/mol. The van der Waals surface area contributed by atoms with Crippen LogP contribution in [-0.2, 0) is 41.9 Å². The van der Waals surface area contributed by atoms with Crippen LogP contribution in [0.3, 0.4) is 0 Å². The third-order valence-corrected chi connectivity index (χ3v) is 16.2. The van der Waals surface area contributed by atoms with Crippen LogP contribution in [-0.4, -0.2) is 103 Å². The highest BCUT2D eigenvalue weighted by molar-refractivity contribution is 7.90. The minimum Gasteiger partial charge on any atom is -0.453 e. The normalized spacial score (nSPS) is 21.0. The Morgan fingerprint density at radius 2 is 1.25 bits per heavy atom. The van der Waals surface area contributed by atoms with Gasteiger partial charge in [-0.1, -0.05) is 83.0 Å². The number of anilines is 1. The van der Waals surface area contributed by atoms with Crippen LogP contribution in [0, 0.1) is 17.3 Å². The zero-order valence-corrected chi connectivity index (χ0v) is 40.5. The highest BCUT2D eigenvalue weighted by Gasteiger charge is 2.44. The molecule has 2 saturated heterocycles. The number of H-pyrrole nitrogens is 1. The lowest BCUT2D eigenvalue weighted by molar-refractivity contribution is -0.135. The van der Waals surface area contributed by atoms with Crippen molar-refractivity contribution in [2.45, 2.75) is 121 Å². The second kappa shape index (κ2) is 18.7. The number of carbonyl (C=O) groups excluding carboxylic acids is 4. The number of methoxy groups -OCH3 is 2. The van der Waals surface area contributed by atoms with E-state index in [-0.39, 0.29) is 45.8 Å². The van der Waals surface area contributed by atoms with E-state index in [4.69, 9.17) is 14.5 Å². The number of benzene rings is 3. The number of hydrogen-bond acceptors (Lipinski definition) is 10. The second-order valence-electron chi connectivity index (χ2n) is 19.8. The lowest BCUT2D eigenvalue weighted by atomic mass is 9.82. The van der Waals surface area contributed by atoms with Gasteiger partial charge in [0.15, 0.2) is 0 Å². The van der Waals surface area contributed by atoms with E-state index in [2.05, 4.69) is 61.7 Å². The van der Waals surface area contributed by atoms with Crippen molar-refractivity contribution in [3.63, 3.8) is 0 Å². The van der Waals surface area contributed by atoms with E-state index < -0.39 is 40.3 Å². The van der Waals surface area contributed by atoms with E-state index in [9.17, 15) is 27.6 Å². The Kier molecular flexibility index (Phi) is 12.9. The fourth-order valence-corrected chi connectivity index (χ4v) is 12.5. The van der Waals surface area contributed by atoms with Crippen molar-refractivity contribution in [2.24, 2.45) is 21.6 Å². The first-order chi connectivity index (χ1) is 32.6. The van der Waals surface area contributed by atoms with Gasteiger partial charge in [-0.3, -0.25) is 9.59 Å². The first-order valence-electron chi connectivity index (χ1n) is 24.0. The van der Waals surface area contributed by atoms with Gasteiger partial charge in [-0.25, -0.2) is 14.6 Å². The number of hydrogen-bond donors (Lipinski definition) is 4. The summed E-state index contributed by atoms with van der Waals surface area (Å²) in [5, 5.41) is 8.63. The molecule has 1 spiro atoms. The van der Waals surface area contributed by atoms with Crippen LogP contribution < -0.4 is 16.0 Å². The predicted octanol–water partition coefficient (Wildman–Crippen LogP) is 8.00. The zero-order valence-electron chi connectivity index (χ0n) is 39.7. The number of sulfonamides is 1. The van der Waals surface area contributed by atoms with Crippen LogP contribution in [0.4, 0.5) is 15.3 Å². The first-order valence-corrected chi connectivity index (χ1v) is 25.4. The fourth-order valence-electron chi connectivity index (χ4n) is 11.3. The van der Waals surface area contributed by atoms with E-state index in [0.29, 0.717) is 37.4 Å². The lowest BCUT2D eigenvalue weighted by Crippen LogP contribution is -2.54. The minimum atomic E-state index is -4.15. The Labute approximate surface area is 398 Å². The summed E-state index contributed by atoms with van der Waals surface area (Å²) < 4.78 is 42.0. The second-order valence-corrected chi connectivity index (χ2v) is 21.4. The van der Waals surface area contributed by atoms with Gasteiger partial charge in [0.25, 0.3) is 10.0 Å². The Morgan fingerprint density at radius 1 is 0.721 bits per heavy atom. The molecule has 1 saturated carbocycles. The summed E-state index contributed by atoms with van der Waals surface area (Å²) >= 11 is 0. The maximum absolute atomic E-state index is 14.1. The first kappa shape index (κ1) is 46.9. The molecule has 4 atom stereocenters. The van der Waals surface area contributed by atoms with Gasteiger partial charge in [-0.15, -0.1) is 4.40 Å². The molecule has 9 rings (SSSR count).